The first-order chi connectivity index (χ1) is 10.6. The molecule has 22 heavy (non-hydrogen) atoms. The van der Waals surface area contributed by atoms with Gasteiger partial charge in [0.1, 0.15) is 0 Å². The SMILES string of the molecule is C=C=CC=C1CN(C(=O)NCC2CC23CCNCC3)CC1=C. The average molecular weight is 299 g/mol. The van der Waals surface area contributed by atoms with Gasteiger partial charge in [-0.1, -0.05) is 13.2 Å². The molecule has 3 fully saturated rings. The lowest BCUT2D eigenvalue weighted by Crippen LogP contribution is -2.40. The highest BCUT2D eigenvalue weighted by atomic mass is 16.2. The zero-order valence-electron chi connectivity index (χ0n) is 13.2. The van der Waals surface area contributed by atoms with Crippen molar-refractivity contribution in [2.24, 2.45) is 11.3 Å². The van der Waals surface area contributed by atoms with Gasteiger partial charge >= 0.3 is 6.03 Å². The highest BCUT2D eigenvalue weighted by Gasteiger charge is 2.53. The number of hydrogen-bond acceptors (Lipinski definition) is 2. The summed E-state index contributed by atoms with van der Waals surface area (Å²) in [7, 11) is 0. The summed E-state index contributed by atoms with van der Waals surface area (Å²) in [5.74, 6) is 0.670. The molecule has 1 spiro atoms. The molecule has 1 atom stereocenters. The highest BCUT2D eigenvalue weighted by molar-refractivity contribution is 5.76. The lowest BCUT2D eigenvalue weighted by atomic mass is 9.92. The number of allylic oxidation sites excluding steroid dienone is 2. The molecule has 3 rings (SSSR count). The van der Waals surface area contributed by atoms with E-state index in [4.69, 9.17) is 0 Å². The van der Waals surface area contributed by atoms with Crippen molar-refractivity contribution in [1.82, 2.24) is 15.5 Å². The molecule has 1 saturated carbocycles. The first-order valence-corrected chi connectivity index (χ1v) is 8.11. The number of piperidine rings is 1. The van der Waals surface area contributed by atoms with E-state index in [0.717, 1.165) is 30.8 Å². The van der Waals surface area contributed by atoms with Gasteiger partial charge < -0.3 is 15.5 Å². The van der Waals surface area contributed by atoms with E-state index in [1.165, 1.54) is 19.3 Å². The molecule has 0 radical (unpaired) electrons. The molecule has 0 bridgehead atoms. The van der Waals surface area contributed by atoms with Gasteiger partial charge in [0.05, 0.1) is 0 Å². The van der Waals surface area contributed by atoms with E-state index in [9.17, 15) is 4.79 Å². The Balaban J connectivity index is 1.47. The molecule has 4 nitrogen and oxygen atoms in total. The molecule has 3 aliphatic rings. The third-order valence-corrected chi connectivity index (χ3v) is 5.34. The minimum absolute atomic E-state index is 0.0307. The van der Waals surface area contributed by atoms with Crippen molar-refractivity contribution >= 4 is 6.03 Å². The molecule has 4 heteroatoms. The Morgan fingerprint density at radius 2 is 2.23 bits per heavy atom. The van der Waals surface area contributed by atoms with Crippen LogP contribution in [0.3, 0.4) is 0 Å². The average Bonchev–Trinajstić information content (AvgIpc) is 3.04. The summed E-state index contributed by atoms with van der Waals surface area (Å²) in [5.41, 5.74) is 5.34. The van der Waals surface area contributed by atoms with Crippen LogP contribution in [0.15, 0.2) is 42.2 Å². The number of carbonyl (C=O) groups excluding carboxylic acids is 1. The van der Waals surface area contributed by atoms with Crippen molar-refractivity contribution in [3.8, 4) is 0 Å². The number of nitrogens with one attached hydrogen (secondary N) is 2. The van der Waals surface area contributed by atoms with Crippen molar-refractivity contribution in [3.63, 3.8) is 0 Å². The monoisotopic (exact) mass is 299 g/mol. The van der Waals surface area contributed by atoms with Gasteiger partial charge in [0, 0.05) is 19.6 Å². The Labute approximate surface area is 132 Å². The molecule has 118 valence electrons. The van der Waals surface area contributed by atoms with Gasteiger partial charge in [-0.05, 0) is 67.0 Å². The first-order valence-electron chi connectivity index (χ1n) is 8.11. The van der Waals surface area contributed by atoms with E-state index >= 15 is 0 Å². The largest absolute Gasteiger partial charge is 0.338 e. The molecule has 2 N–H and O–H groups in total. The zero-order chi connectivity index (χ0) is 15.6. The van der Waals surface area contributed by atoms with Crippen LogP contribution in [0, 0.1) is 11.3 Å². The molecule has 0 aromatic rings. The van der Waals surface area contributed by atoms with E-state index in [-0.39, 0.29) is 6.03 Å². The van der Waals surface area contributed by atoms with Crippen molar-refractivity contribution in [2.75, 3.05) is 32.7 Å². The molecular weight excluding hydrogens is 274 g/mol. The predicted octanol–water partition coefficient (Wildman–Crippen LogP) is 2.22. The van der Waals surface area contributed by atoms with Crippen LogP contribution in [0.5, 0.6) is 0 Å². The lowest BCUT2D eigenvalue weighted by molar-refractivity contribution is 0.209. The highest BCUT2D eigenvalue weighted by Crippen LogP contribution is 2.58. The Morgan fingerprint density at radius 1 is 1.45 bits per heavy atom. The van der Waals surface area contributed by atoms with E-state index in [1.807, 2.05) is 11.0 Å². The standard InChI is InChI=1S/C18H25N3O/c1-3-4-5-15-13-21(12-14(15)2)17(22)20-11-16-10-18(16)6-8-19-9-7-18/h4-5,16,19H,1-2,6-13H2,(H,20,22). The molecule has 2 heterocycles. The van der Waals surface area contributed by atoms with Crippen LogP contribution in [-0.4, -0.2) is 43.7 Å². The van der Waals surface area contributed by atoms with E-state index in [1.54, 1.807) is 6.08 Å². The number of likely N-dealkylation sites (tertiary alicyclic amines) is 1. The van der Waals surface area contributed by atoms with Gasteiger partial charge in [0.15, 0.2) is 0 Å². The molecule has 2 amide bonds. The number of urea groups is 1. The number of nitrogens with zero attached hydrogens (tertiary/aromatic N) is 1. The molecule has 2 aliphatic heterocycles. The Morgan fingerprint density at radius 3 is 2.95 bits per heavy atom. The maximum Gasteiger partial charge on any atom is 0.318 e. The number of hydrogen-bond donors (Lipinski definition) is 2. The van der Waals surface area contributed by atoms with E-state index in [0.29, 0.717) is 24.4 Å². The second kappa shape index (κ2) is 6.15. The quantitative estimate of drug-likeness (QED) is 0.785. The predicted molar refractivity (Wildman–Crippen MR) is 88.5 cm³/mol. The Hall–Kier alpha value is -1.77. The van der Waals surface area contributed by atoms with Gasteiger partial charge in [0.2, 0.25) is 0 Å². The second-order valence-corrected chi connectivity index (χ2v) is 6.72. The molecule has 0 aromatic carbocycles. The van der Waals surface area contributed by atoms with Gasteiger partial charge in [0.25, 0.3) is 0 Å². The van der Waals surface area contributed by atoms with Gasteiger partial charge in [-0.2, -0.15) is 0 Å². The summed E-state index contributed by atoms with van der Waals surface area (Å²) < 4.78 is 0. The summed E-state index contributed by atoms with van der Waals surface area (Å²) in [4.78, 5) is 14.1. The lowest BCUT2D eigenvalue weighted by Gasteiger charge is -2.24. The third-order valence-electron chi connectivity index (χ3n) is 5.34. The number of carbonyl (C=O) groups is 1. The van der Waals surface area contributed by atoms with E-state index in [2.05, 4.69) is 29.5 Å². The van der Waals surface area contributed by atoms with Crippen LogP contribution in [0.4, 0.5) is 4.79 Å². The Bertz CT molecular complexity index is 551. The maximum absolute atomic E-state index is 12.3. The van der Waals surface area contributed by atoms with Crippen LogP contribution in [0.1, 0.15) is 19.3 Å². The van der Waals surface area contributed by atoms with Crippen LogP contribution in [0.2, 0.25) is 0 Å². The van der Waals surface area contributed by atoms with Crippen molar-refractivity contribution in [1.29, 1.82) is 0 Å². The fourth-order valence-electron chi connectivity index (χ4n) is 3.76. The van der Waals surface area contributed by atoms with Crippen LogP contribution < -0.4 is 10.6 Å². The summed E-state index contributed by atoms with van der Waals surface area (Å²) in [5, 5.41) is 6.53. The minimum atomic E-state index is 0.0307. The summed E-state index contributed by atoms with van der Waals surface area (Å²) >= 11 is 0. The number of amides is 2. The smallest absolute Gasteiger partial charge is 0.318 e. The normalized spacial score (nSPS) is 27.8. The second-order valence-electron chi connectivity index (χ2n) is 6.72. The molecular formula is C18H25N3O. The number of rotatable bonds is 3. The topological polar surface area (TPSA) is 44.4 Å². The van der Waals surface area contributed by atoms with Gasteiger partial charge in [-0.3, -0.25) is 0 Å². The van der Waals surface area contributed by atoms with Crippen LogP contribution in [-0.2, 0) is 0 Å². The van der Waals surface area contributed by atoms with Crippen LogP contribution in [0.25, 0.3) is 0 Å². The fraction of sp³-hybridized carbons (Fsp3) is 0.556. The third kappa shape index (κ3) is 3.03. The molecule has 1 unspecified atom stereocenters. The summed E-state index contributed by atoms with van der Waals surface area (Å²) in [6.07, 6.45) is 7.50. The Kier molecular flexibility index (Phi) is 4.23. The zero-order valence-corrected chi connectivity index (χ0v) is 13.2. The van der Waals surface area contributed by atoms with Crippen molar-refractivity contribution in [3.05, 3.63) is 42.2 Å². The van der Waals surface area contributed by atoms with Gasteiger partial charge in [-0.15, -0.1) is 5.73 Å². The van der Waals surface area contributed by atoms with Crippen LogP contribution >= 0.6 is 0 Å². The van der Waals surface area contributed by atoms with E-state index < -0.39 is 0 Å². The molecule has 0 aromatic heterocycles. The first kappa shape index (κ1) is 15.1. The fourth-order valence-corrected chi connectivity index (χ4v) is 3.76. The molecule has 2 saturated heterocycles. The van der Waals surface area contributed by atoms with Crippen molar-refractivity contribution in [2.45, 2.75) is 19.3 Å². The minimum Gasteiger partial charge on any atom is -0.338 e. The van der Waals surface area contributed by atoms with Gasteiger partial charge in [-0.25, -0.2) is 4.79 Å². The summed E-state index contributed by atoms with van der Waals surface area (Å²) in [6, 6.07) is 0.0307. The maximum atomic E-state index is 12.3. The summed E-state index contributed by atoms with van der Waals surface area (Å²) in [6.45, 7) is 11.9. The molecule has 1 aliphatic carbocycles. The van der Waals surface area contributed by atoms with Crippen molar-refractivity contribution < 1.29 is 4.79 Å².